The van der Waals surface area contributed by atoms with E-state index in [0.29, 0.717) is 16.8 Å². The lowest BCUT2D eigenvalue weighted by molar-refractivity contribution is -0.305. The Balaban J connectivity index is 1.58. The molecule has 35 heavy (non-hydrogen) atoms. The van der Waals surface area contributed by atoms with Gasteiger partial charge in [-0.15, -0.1) is 13.2 Å². The van der Waals surface area contributed by atoms with Gasteiger partial charge in [-0.1, -0.05) is 18.7 Å². The van der Waals surface area contributed by atoms with Crippen molar-refractivity contribution < 1.29 is 22.7 Å². The van der Waals surface area contributed by atoms with Crippen molar-refractivity contribution in [3.8, 4) is 5.69 Å². The SMILES string of the molecule is C=C/C(=C\C=C(/C)OC(F)(F)F)c1c[nH]c(C(=O)c2cnn(-c3ccc4[nH]c(C)nc4c3)c2N)c1. The number of ether oxygens (including phenoxy) is 1. The van der Waals surface area contributed by atoms with Gasteiger partial charge in [0, 0.05) is 6.20 Å². The highest BCUT2D eigenvalue weighted by molar-refractivity contribution is 6.11. The number of rotatable bonds is 7. The number of nitrogens with one attached hydrogen (secondary N) is 2. The average molecular weight is 482 g/mol. The lowest BCUT2D eigenvalue weighted by Gasteiger charge is -2.07. The number of nitrogen functional groups attached to an aromatic ring is 1. The number of ketones is 1. The number of carbonyl (C=O) groups is 1. The molecule has 0 saturated carbocycles. The lowest BCUT2D eigenvalue weighted by atomic mass is 10.1. The molecule has 11 heteroatoms. The molecule has 0 saturated heterocycles. The summed E-state index contributed by atoms with van der Waals surface area (Å²) in [5, 5.41) is 4.26. The van der Waals surface area contributed by atoms with Gasteiger partial charge in [-0.25, -0.2) is 9.67 Å². The number of aryl methyl sites for hydroxylation is 1. The van der Waals surface area contributed by atoms with Crippen LogP contribution in [0.5, 0.6) is 0 Å². The Hall–Kier alpha value is -4.54. The van der Waals surface area contributed by atoms with E-state index in [9.17, 15) is 18.0 Å². The second-order valence-corrected chi connectivity index (χ2v) is 7.66. The molecule has 1 aromatic carbocycles. The highest BCUT2D eigenvalue weighted by Gasteiger charge is 2.30. The average Bonchev–Trinajstić information content (AvgIpc) is 3.50. The molecular weight excluding hydrogens is 461 g/mol. The maximum atomic E-state index is 13.1. The van der Waals surface area contributed by atoms with Crippen molar-refractivity contribution in [2.75, 3.05) is 5.73 Å². The Bertz CT molecular complexity index is 1490. The van der Waals surface area contributed by atoms with E-state index in [0.717, 1.165) is 16.9 Å². The zero-order valence-electron chi connectivity index (χ0n) is 18.8. The third-order valence-corrected chi connectivity index (χ3v) is 5.14. The van der Waals surface area contributed by atoms with E-state index >= 15 is 0 Å². The van der Waals surface area contributed by atoms with Gasteiger partial charge in [-0.05, 0) is 55.3 Å². The highest BCUT2D eigenvalue weighted by Crippen LogP contribution is 2.25. The normalized spacial score (nSPS) is 12.8. The molecule has 4 rings (SSSR count). The standard InChI is InChI=1S/C24H21F3N6O2/c1-4-15(6-5-13(2)35-24(25,26)27)16-9-21(29-11-16)22(34)18-12-30-33(23(18)28)17-7-8-19-20(10-17)32-14(3)31-19/h4-12,29H,1,28H2,2-3H3,(H,31,32)/b13-5+,15-6+. The van der Waals surface area contributed by atoms with Crippen molar-refractivity contribution in [1.82, 2.24) is 24.7 Å². The summed E-state index contributed by atoms with van der Waals surface area (Å²) in [6, 6.07) is 7.02. The number of nitrogens with zero attached hydrogens (tertiary/aromatic N) is 3. The molecule has 4 N–H and O–H groups in total. The molecular formula is C24H21F3N6O2. The Morgan fingerprint density at radius 1 is 1.26 bits per heavy atom. The molecule has 0 aliphatic heterocycles. The van der Waals surface area contributed by atoms with Crippen molar-refractivity contribution in [3.05, 3.63) is 89.9 Å². The van der Waals surface area contributed by atoms with Gasteiger partial charge in [-0.3, -0.25) is 4.79 Å². The highest BCUT2D eigenvalue weighted by atomic mass is 19.4. The monoisotopic (exact) mass is 482 g/mol. The van der Waals surface area contributed by atoms with Crippen LogP contribution in [-0.2, 0) is 4.74 Å². The molecule has 4 aromatic rings. The first-order chi connectivity index (χ1) is 16.6. The minimum absolute atomic E-state index is 0.153. The smallest absolute Gasteiger partial charge is 0.411 e. The molecule has 3 aromatic heterocycles. The van der Waals surface area contributed by atoms with Crippen LogP contribution in [0.1, 0.15) is 34.4 Å². The summed E-state index contributed by atoms with van der Waals surface area (Å²) in [5.74, 6) is 0.190. The number of benzene rings is 1. The van der Waals surface area contributed by atoms with E-state index in [1.807, 2.05) is 25.1 Å². The number of allylic oxidation sites excluding steroid dienone is 5. The van der Waals surface area contributed by atoms with Gasteiger partial charge >= 0.3 is 6.36 Å². The minimum atomic E-state index is -4.77. The van der Waals surface area contributed by atoms with E-state index in [1.54, 1.807) is 12.3 Å². The van der Waals surface area contributed by atoms with Gasteiger partial charge in [0.25, 0.3) is 0 Å². The first-order valence-corrected chi connectivity index (χ1v) is 10.4. The molecule has 180 valence electrons. The summed E-state index contributed by atoms with van der Waals surface area (Å²) < 4.78 is 42.3. The number of H-pyrrole nitrogens is 2. The lowest BCUT2D eigenvalue weighted by Crippen LogP contribution is -2.11. The summed E-state index contributed by atoms with van der Waals surface area (Å²) in [5.41, 5.74) is 9.95. The van der Waals surface area contributed by atoms with Crippen LogP contribution < -0.4 is 5.73 Å². The first kappa shape index (κ1) is 23.6. The Kier molecular flexibility index (Phi) is 6.08. The number of aromatic nitrogens is 5. The molecule has 8 nitrogen and oxygen atoms in total. The third-order valence-electron chi connectivity index (χ3n) is 5.14. The van der Waals surface area contributed by atoms with Gasteiger partial charge in [0.1, 0.15) is 17.4 Å². The van der Waals surface area contributed by atoms with Gasteiger partial charge in [0.05, 0.1) is 34.2 Å². The Labute approximate surface area is 197 Å². The number of fused-ring (bicyclic) bond motifs is 1. The number of carbonyl (C=O) groups excluding carboxylic acids is 1. The van der Waals surface area contributed by atoms with Crippen LogP contribution in [0.4, 0.5) is 19.0 Å². The van der Waals surface area contributed by atoms with Crippen LogP contribution in [0.25, 0.3) is 22.3 Å². The predicted molar refractivity (Wildman–Crippen MR) is 126 cm³/mol. The van der Waals surface area contributed by atoms with Crippen molar-refractivity contribution >= 4 is 28.2 Å². The molecule has 0 amide bonds. The van der Waals surface area contributed by atoms with Crippen LogP contribution in [-0.4, -0.2) is 36.9 Å². The zero-order valence-corrected chi connectivity index (χ0v) is 18.8. The first-order valence-electron chi connectivity index (χ1n) is 10.4. The molecule has 0 spiro atoms. The minimum Gasteiger partial charge on any atom is -0.411 e. The summed E-state index contributed by atoms with van der Waals surface area (Å²) in [4.78, 5) is 23.5. The van der Waals surface area contributed by atoms with E-state index in [1.165, 1.54) is 36.0 Å². The summed E-state index contributed by atoms with van der Waals surface area (Å²) >= 11 is 0. The number of halogens is 3. The third kappa shape index (κ3) is 5.03. The fourth-order valence-corrected chi connectivity index (χ4v) is 3.54. The molecule has 0 bridgehead atoms. The maximum Gasteiger partial charge on any atom is 0.572 e. The maximum absolute atomic E-state index is 13.1. The van der Waals surface area contributed by atoms with E-state index in [-0.39, 0.29) is 22.8 Å². The summed E-state index contributed by atoms with van der Waals surface area (Å²) in [6.45, 7) is 6.71. The Morgan fingerprint density at radius 3 is 2.74 bits per heavy atom. The van der Waals surface area contributed by atoms with Crippen LogP contribution in [0, 0.1) is 6.92 Å². The van der Waals surface area contributed by atoms with Gasteiger partial charge < -0.3 is 20.4 Å². The molecule has 0 unspecified atom stereocenters. The summed E-state index contributed by atoms with van der Waals surface area (Å²) in [7, 11) is 0. The molecule has 0 atom stereocenters. The molecule has 0 aliphatic rings. The van der Waals surface area contributed by atoms with Crippen LogP contribution in [0.15, 0.2) is 67.2 Å². The van der Waals surface area contributed by atoms with Gasteiger partial charge in [0.15, 0.2) is 0 Å². The van der Waals surface area contributed by atoms with Gasteiger partial charge in [-0.2, -0.15) is 5.10 Å². The Morgan fingerprint density at radius 2 is 2.03 bits per heavy atom. The van der Waals surface area contributed by atoms with E-state index < -0.39 is 12.1 Å². The largest absolute Gasteiger partial charge is 0.572 e. The number of hydrogen-bond acceptors (Lipinski definition) is 5. The number of aromatic amines is 2. The predicted octanol–water partition coefficient (Wildman–Crippen LogP) is 5.21. The molecule has 3 heterocycles. The molecule has 0 aliphatic carbocycles. The number of nitrogens with two attached hydrogens (primary N) is 1. The fraction of sp³-hybridized carbons (Fsp3) is 0.125. The van der Waals surface area contributed by atoms with Gasteiger partial charge in [0.2, 0.25) is 5.78 Å². The topological polar surface area (TPSA) is 115 Å². The number of anilines is 1. The van der Waals surface area contributed by atoms with Crippen molar-refractivity contribution in [2.45, 2.75) is 20.2 Å². The van der Waals surface area contributed by atoms with Crippen molar-refractivity contribution in [2.24, 2.45) is 0 Å². The van der Waals surface area contributed by atoms with E-state index in [2.05, 4.69) is 31.4 Å². The second-order valence-electron chi connectivity index (χ2n) is 7.66. The van der Waals surface area contributed by atoms with Crippen LogP contribution >= 0.6 is 0 Å². The molecule has 0 fully saturated rings. The van der Waals surface area contributed by atoms with Crippen molar-refractivity contribution in [3.63, 3.8) is 0 Å². The van der Waals surface area contributed by atoms with Crippen LogP contribution in [0.3, 0.4) is 0 Å². The zero-order chi connectivity index (χ0) is 25.3. The summed E-state index contributed by atoms with van der Waals surface area (Å²) in [6.07, 6.45) is 2.17. The fourth-order valence-electron chi connectivity index (χ4n) is 3.54. The quantitative estimate of drug-likeness (QED) is 0.190. The van der Waals surface area contributed by atoms with E-state index in [4.69, 9.17) is 5.73 Å². The molecule has 0 radical (unpaired) electrons. The van der Waals surface area contributed by atoms with Crippen molar-refractivity contribution in [1.29, 1.82) is 0 Å². The number of hydrogen-bond donors (Lipinski definition) is 3. The van der Waals surface area contributed by atoms with Crippen LogP contribution in [0.2, 0.25) is 0 Å². The number of alkyl halides is 3. The number of imidazole rings is 1. The second kappa shape index (κ2) is 9.01.